The van der Waals surface area contributed by atoms with Crippen molar-refractivity contribution in [1.29, 1.82) is 0 Å². The van der Waals surface area contributed by atoms with Crippen LogP contribution in [0, 0.1) is 5.92 Å². The highest BCUT2D eigenvalue weighted by atomic mass is 16.5. The van der Waals surface area contributed by atoms with Gasteiger partial charge in [0.2, 0.25) is 0 Å². The predicted molar refractivity (Wildman–Crippen MR) is 51.2 cm³/mol. The Balaban J connectivity index is 3.90. The van der Waals surface area contributed by atoms with Crippen LogP contribution in [-0.2, 0) is 4.74 Å². The Morgan fingerprint density at radius 1 is 1.25 bits per heavy atom. The van der Waals surface area contributed by atoms with E-state index in [1.807, 2.05) is 6.92 Å². The van der Waals surface area contributed by atoms with Gasteiger partial charge in [0.1, 0.15) is 0 Å². The van der Waals surface area contributed by atoms with Gasteiger partial charge in [0.25, 0.3) is 0 Å². The summed E-state index contributed by atoms with van der Waals surface area (Å²) >= 11 is 0. The SMILES string of the molecule is CCCC(O)C(OCC)C(C)C. The van der Waals surface area contributed by atoms with Crippen LogP contribution in [0.15, 0.2) is 0 Å². The summed E-state index contributed by atoms with van der Waals surface area (Å²) in [4.78, 5) is 0. The average molecular weight is 174 g/mol. The molecule has 2 unspecified atom stereocenters. The van der Waals surface area contributed by atoms with Gasteiger partial charge in [-0.3, -0.25) is 0 Å². The summed E-state index contributed by atoms with van der Waals surface area (Å²) in [6, 6.07) is 0. The quantitative estimate of drug-likeness (QED) is 0.669. The fourth-order valence-electron chi connectivity index (χ4n) is 1.40. The van der Waals surface area contributed by atoms with Crippen molar-refractivity contribution >= 4 is 0 Å². The summed E-state index contributed by atoms with van der Waals surface area (Å²) in [6.07, 6.45) is 1.56. The highest BCUT2D eigenvalue weighted by Gasteiger charge is 2.21. The van der Waals surface area contributed by atoms with E-state index in [0.717, 1.165) is 12.8 Å². The highest BCUT2D eigenvalue weighted by molar-refractivity contribution is 4.71. The summed E-state index contributed by atoms with van der Waals surface area (Å²) in [5.41, 5.74) is 0. The first kappa shape index (κ1) is 11.9. The fourth-order valence-corrected chi connectivity index (χ4v) is 1.40. The second kappa shape index (κ2) is 6.44. The summed E-state index contributed by atoms with van der Waals surface area (Å²) in [7, 11) is 0. The van der Waals surface area contributed by atoms with Gasteiger partial charge in [-0.15, -0.1) is 0 Å². The molecule has 0 aromatic heterocycles. The first-order valence-corrected chi connectivity index (χ1v) is 4.93. The van der Waals surface area contributed by atoms with Gasteiger partial charge in [0, 0.05) is 6.61 Å². The molecule has 2 nitrogen and oxygen atoms in total. The molecule has 0 heterocycles. The zero-order valence-corrected chi connectivity index (χ0v) is 8.71. The van der Waals surface area contributed by atoms with Crippen LogP contribution in [-0.4, -0.2) is 23.9 Å². The Morgan fingerprint density at radius 3 is 2.17 bits per heavy atom. The van der Waals surface area contributed by atoms with Crippen molar-refractivity contribution in [3.05, 3.63) is 0 Å². The smallest absolute Gasteiger partial charge is 0.0856 e. The van der Waals surface area contributed by atoms with E-state index >= 15 is 0 Å². The van der Waals surface area contributed by atoms with Gasteiger partial charge >= 0.3 is 0 Å². The van der Waals surface area contributed by atoms with Crippen LogP contribution >= 0.6 is 0 Å². The molecule has 74 valence electrons. The Bertz CT molecular complexity index is 102. The maximum atomic E-state index is 9.69. The van der Waals surface area contributed by atoms with Crippen molar-refractivity contribution in [3.63, 3.8) is 0 Å². The lowest BCUT2D eigenvalue weighted by molar-refractivity contribution is -0.0597. The molecular weight excluding hydrogens is 152 g/mol. The Hall–Kier alpha value is -0.0800. The zero-order valence-electron chi connectivity index (χ0n) is 8.71. The first-order valence-electron chi connectivity index (χ1n) is 4.93. The van der Waals surface area contributed by atoms with Crippen LogP contribution in [0.25, 0.3) is 0 Å². The Kier molecular flexibility index (Phi) is 6.39. The molecule has 0 radical (unpaired) electrons. The van der Waals surface area contributed by atoms with Crippen molar-refractivity contribution < 1.29 is 9.84 Å². The van der Waals surface area contributed by atoms with Crippen LogP contribution in [0.4, 0.5) is 0 Å². The number of ether oxygens (including phenoxy) is 1. The number of hydrogen-bond donors (Lipinski definition) is 1. The van der Waals surface area contributed by atoms with E-state index in [2.05, 4.69) is 20.8 Å². The molecule has 0 amide bonds. The van der Waals surface area contributed by atoms with E-state index < -0.39 is 0 Å². The maximum Gasteiger partial charge on any atom is 0.0856 e. The lowest BCUT2D eigenvalue weighted by atomic mass is 9.98. The number of rotatable bonds is 6. The maximum absolute atomic E-state index is 9.69. The minimum Gasteiger partial charge on any atom is -0.390 e. The molecule has 2 atom stereocenters. The summed E-state index contributed by atoms with van der Waals surface area (Å²) in [5.74, 6) is 0.395. The van der Waals surface area contributed by atoms with Crippen molar-refractivity contribution in [3.8, 4) is 0 Å². The van der Waals surface area contributed by atoms with Crippen LogP contribution in [0.5, 0.6) is 0 Å². The van der Waals surface area contributed by atoms with Gasteiger partial charge in [-0.25, -0.2) is 0 Å². The molecule has 1 N–H and O–H groups in total. The minimum absolute atomic E-state index is 0.00921. The Labute approximate surface area is 75.9 Å². The highest BCUT2D eigenvalue weighted by Crippen LogP contribution is 2.14. The van der Waals surface area contributed by atoms with Gasteiger partial charge in [-0.05, 0) is 19.3 Å². The third-order valence-electron chi connectivity index (χ3n) is 1.98. The summed E-state index contributed by atoms with van der Waals surface area (Å²) < 4.78 is 5.47. The van der Waals surface area contributed by atoms with Crippen molar-refractivity contribution in [1.82, 2.24) is 0 Å². The standard InChI is InChI=1S/C10H22O2/c1-5-7-9(11)10(8(3)4)12-6-2/h8-11H,5-7H2,1-4H3. The lowest BCUT2D eigenvalue weighted by Crippen LogP contribution is -2.33. The number of hydrogen-bond acceptors (Lipinski definition) is 2. The predicted octanol–water partition coefficient (Wildman–Crippen LogP) is 2.21. The molecule has 0 aliphatic rings. The van der Waals surface area contributed by atoms with Crippen LogP contribution < -0.4 is 0 Å². The van der Waals surface area contributed by atoms with E-state index in [1.165, 1.54) is 0 Å². The molecule has 0 aliphatic heterocycles. The van der Waals surface area contributed by atoms with E-state index in [-0.39, 0.29) is 12.2 Å². The molecular formula is C10H22O2. The van der Waals surface area contributed by atoms with E-state index in [9.17, 15) is 5.11 Å². The topological polar surface area (TPSA) is 29.5 Å². The number of aliphatic hydroxyl groups excluding tert-OH is 1. The van der Waals surface area contributed by atoms with Gasteiger partial charge in [0.05, 0.1) is 12.2 Å². The normalized spacial score (nSPS) is 16.5. The van der Waals surface area contributed by atoms with Gasteiger partial charge in [-0.2, -0.15) is 0 Å². The molecule has 0 bridgehead atoms. The van der Waals surface area contributed by atoms with Crippen LogP contribution in [0.3, 0.4) is 0 Å². The van der Waals surface area contributed by atoms with Crippen molar-refractivity contribution in [2.45, 2.75) is 52.7 Å². The van der Waals surface area contributed by atoms with Gasteiger partial charge in [-0.1, -0.05) is 27.2 Å². The van der Waals surface area contributed by atoms with Crippen LogP contribution in [0.2, 0.25) is 0 Å². The van der Waals surface area contributed by atoms with Crippen molar-refractivity contribution in [2.24, 2.45) is 5.92 Å². The first-order chi connectivity index (χ1) is 5.63. The molecule has 2 heteroatoms. The lowest BCUT2D eigenvalue weighted by Gasteiger charge is -2.25. The van der Waals surface area contributed by atoms with E-state index in [0.29, 0.717) is 12.5 Å². The second-order valence-corrected chi connectivity index (χ2v) is 3.52. The largest absolute Gasteiger partial charge is 0.390 e. The van der Waals surface area contributed by atoms with Crippen LogP contribution in [0.1, 0.15) is 40.5 Å². The second-order valence-electron chi connectivity index (χ2n) is 3.52. The molecule has 0 aromatic carbocycles. The fraction of sp³-hybridized carbons (Fsp3) is 1.00. The molecule has 0 spiro atoms. The molecule has 0 rings (SSSR count). The van der Waals surface area contributed by atoms with Crippen molar-refractivity contribution in [2.75, 3.05) is 6.61 Å². The minimum atomic E-state index is -0.296. The summed E-state index contributed by atoms with van der Waals surface area (Å²) in [5, 5.41) is 9.69. The average Bonchev–Trinajstić information content (AvgIpc) is 1.99. The molecule has 0 aliphatic carbocycles. The molecule has 0 fully saturated rings. The van der Waals surface area contributed by atoms with Gasteiger partial charge in [0.15, 0.2) is 0 Å². The Morgan fingerprint density at radius 2 is 1.83 bits per heavy atom. The van der Waals surface area contributed by atoms with E-state index in [1.54, 1.807) is 0 Å². The third kappa shape index (κ3) is 4.07. The number of aliphatic hydroxyl groups is 1. The summed E-state index contributed by atoms with van der Waals surface area (Å²) in [6.45, 7) is 8.89. The molecule has 0 saturated carbocycles. The molecule has 0 aromatic rings. The van der Waals surface area contributed by atoms with Gasteiger partial charge < -0.3 is 9.84 Å². The monoisotopic (exact) mass is 174 g/mol. The third-order valence-corrected chi connectivity index (χ3v) is 1.98. The zero-order chi connectivity index (χ0) is 9.56. The molecule has 12 heavy (non-hydrogen) atoms. The van der Waals surface area contributed by atoms with E-state index in [4.69, 9.17) is 4.74 Å². The molecule has 0 saturated heterocycles.